The smallest absolute Gasteiger partial charge is 0.411 e. The number of rotatable bonds is 3. The van der Waals surface area contributed by atoms with Crippen LogP contribution in [0.4, 0.5) is 25.0 Å². The predicted molar refractivity (Wildman–Crippen MR) is 158 cm³/mol. The molecule has 0 aromatic heterocycles. The molecule has 2 heterocycles. The lowest BCUT2D eigenvalue weighted by Crippen LogP contribution is -2.37. The molecule has 42 heavy (non-hydrogen) atoms. The summed E-state index contributed by atoms with van der Waals surface area (Å²) in [6.45, 7) is 2.08. The third kappa shape index (κ3) is 5.74. The van der Waals surface area contributed by atoms with Crippen LogP contribution in [0.1, 0.15) is 49.8 Å². The number of hydrogen-bond donors (Lipinski definition) is 2. The Morgan fingerprint density at radius 1 is 1.10 bits per heavy atom. The lowest BCUT2D eigenvalue weighted by atomic mass is 9.90. The van der Waals surface area contributed by atoms with Crippen LogP contribution >= 0.6 is 11.6 Å². The lowest BCUT2D eigenvalue weighted by Gasteiger charge is -2.35. The molecular formula is C32H30ClF2N3O4. The number of benzene rings is 3. The zero-order valence-electron chi connectivity index (χ0n) is 23.2. The van der Waals surface area contributed by atoms with Crippen molar-refractivity contribution >= 4 is 46.5 Å². The van der Waals surface area contributed by atoms with Crippen LogP contribution in [0.5, 0.6) is 0 Å². The number of anilines is 2. The predicted octanol–water partition coefficient (Wildman–Crippen LogP) is 7.51. The molecule has 5 rings (SSSR count). The Morgan fingerprint density at radius 2 is 1.88 bits per heavy atom. The van der Waals surface area contributed by atoms with Crippen molar-refractivity contribution in [2.24, 2.45) is 5.92 Å². The first-order chi connectivity index (χ1) is 20.0. The molecule has 0 saturated carbocycles. The fraction of sp³-hybridized carbons (Fsp3) is 0.281. The molecule has 2 N–H and O–H groups in total. The Labute approximate surface area is 247 Å². The van der Waals surface area contributed by atoms with Gasteiger partial charge in [0.05, 0.1) is 22.3 Å². The summed E-state index contributed by atoms with van der Waals surface area (Å²) in [6, 6.07) is 14.7. The van der Waals surface area contributed by atoms with E-state index in [0.29, 0.717) is 36.2 Å². The molecule has 2 aliphatic rings. The highest BCUT2D eigenvalue weighted by molar-refractivity contribution is 6.31. The highest BCUT2D eigenvalue weighted by Gasteiger charge is 2.31. The van der Waals surface area contributed by atoms with E-state index < -0.39 is 17.7 Å². The third-order valence-corrected chi connectivity index (χ3v) is 8.32. The average Bonchev–Trinajstić information content (AvgIpc) is 2.97. The van der Waals surface area contributed by atoms with E-state index in [-0.39, 0.29) is 52.9 Å². The van der Waals surface area contributed by atoms with Crippen molar-refractivity contribution in [3.63, 3.8) is 0 Å². The number of fused-ring (bicyclic) bond motifs is 4. The summed E-state index contributed by atoms with van der Waals surface area (Å²) < 4.78 is 29.3. The fourth-order valence-corrected chi connectivity index (χ4v) is 5.77. The lowest BCUT2D eigenvalue weighted by molar-refractivity contribution is -0.129. The van der Waals surface area contributed by atoms with Crippen molar-refractivity contribution in [1.82, 2.24) is 4.90 Å². The van der Waals surface area contributed by atoms with Gasteiger partial charge in [-0.15, -0.1) is 0 Å². The minimum absolute atomic E-state index is 0.188. The zero-order valence-corrected chi connectivity index (χ0v) is 23.9. The van der Waals surface area contributed by atoms with E-state index >= 15 is 0 Å². The van der Waals surface area contributed by atoms with Crippen LogP contribution in [0.3, 0.4) is 0 Å². The van der Waals surface area contributed by atoms with Gasteiger partial charge in [0.2, 0.25) is 11.8 Å². The second-order valence-electron chi connectivity index (χ2n) is 10.7. The monoisotopic (exact) mass is 593 g/mol. The summed E-state index contributed by atoms with van der Waals surface area (Å²) in [5.74, 6) is -2.54. The number of carbonyl (C=O) groups excluding carboxylic acids is 2. The molecular weight excluding hydrogens is 564 g/mol. The van der Waals surface area contributed by atoms with E-state index in [1.54, 1.807) is 23.1 Å². The van der Waals surface area contributed by atoms with E-state index in [0.717, 1.165) is 28.2 Å². The average molecular weight is 594 g/mol. The first-order valence-electron chi connectivity index (χ1n) is 13.7. The molecule has 0 saturated heterocycles. The molecule has 3 aromatic carbocycles. The molecule has 3 aromatic rings. The minimum Gasteiger partial charge on any atom is -0.465 e. The maximum absolute atomic E-state index is 14.7. The fourth-order valence-electron chi connectivity index (χ4n) is 5.61. The number of carboxylic acid groups (broad SMARTS) is 1. The van der Waals surface area contributed by atoms with Gasteiger partial charge in [-0.3, -0.25) is 14.5 Å². The largest absolute Gasteiger partial charge is 0.465 e. The van der Waals surface area contributed by atoms with Gasteiger partial charge in [0.15, 0.2) is 5.82 Å². The second-order valence-corrected chi connectivity index (χ2v) is 11.1. The molecule has 3 amide bonds. The maximum atomic E-state index is 14.7. The summed E-state index contributed by atoms with van der Waals surface area (Å²) >= 11 is 5.89. The Hall–Kier alpha value is -4.24. The summed E-state index contributed by atoms with van der Waals surface area (Å²) in [4.78, 5) is 41.0. The van der Waals surface area contributed by atoms with Crippen LogP contribution < -0.4 is 10.2 Å². The van der Waals surface area contributed by atoms with E-state index in [1.807, 2.05) is 31.2 Å². The summed E-state index contributed by atoms with van der Waals surface area (Å²) in [5.41, 5.74) is 3.25. The van der Waals surface area contributed by atoms with Gasteiger partial charge >= 0.3 is 6.09 Å². The second kappa shape index (κ2) is 11.9. The quantitative estimate of drug-likeness (QED) is 0.307. The van der Waals surface area contributed by atoms with Crippen LogP contribution in [-0.4, -0.2) is 41.5 Å². The summed E-state index contributed by atoms with van der Waals surface area (Å²) in [7, 11) is 1.43. The van der Waals surface area contributed by atoms with Gasteiger partial charge in [0.25, 0.3) is 0 Å². The third-order valence-electron chi connectivity index (χ3n) is 8.02. The van der Waals surface area contributed by atoms with Gasteiger partial charge in [-0.05, 0) is 66.3 Å². The highest BCUT2D eigenvalue weighted by Crippen LogP contribution is 2.39. The summed E-state index contributed by atoms with van der Waals surface area (Å²) in [6.07, 6.45) is 2.21. The van der Waals surface area contributed by atoms with Crippen molar-refractivity contribution < 1.29 is 28.3 Å². The van der Waals surface area contributed by atoms with E-state index in [2.05, 4.69) is 5.32 Å². The molecule has 218 valence electrons. The number of halogens is 3. The van der Waals surface area contributed by atoms with Crippen molar-refractivity contribution in [3.8, 4) is 11.1 Å². The van der Waals surface area contributed by atoms with Crippen molar-refractivity contribution in [2.75, 3.05) is 23.8 Å². The molecule has 0 fully saturated rings. The van der Waals surface area contributed by atoms with Crippen LogP contribution in [0.15, 0.2) is 60.7 Å². The van der Waals surface area contributed by atoms with Crippen LogP contribution in [-0.2, 0) is 9.59 Å². The number of hydrogen-bond acceptors (Lipinski definition) is 3. The molecule has 10 heteroatoms. The van der Waals surface area contributed by atoms with E-state index in [1.165, 1.54) is 13.1 Å². The van der Waals surface area contributed by atoms with Crippen LogP contribution in [0.2, 0.25) is 5.02 Å². The van der Waals surface area contributed by atoms with Crippen molar-refractivity contribution in [3.05, 3.63) is 88.5 Å². The minimum atomic E-state index is -1.13. The van der Waals surface area contributed by atoms with Crippen LogP contribution in [0.25, 0.3) is 16.7 Å². The molecule has 0 radical (unpaired) electrons. The number of nitrogens with one attached hydrogen (secondary N) is 1. The van der Waals surface area contributed by atoms with Gasteiger partial charge in [-0.2, -0.15) is 0 Å². The van der Waals surface area contributed by atoms with Gasteiger partial charge in [0.1, 0.15) is 5.82 Å². The molecule has 2 aliphatic heterocycles. The normalized spacial score (nSPS) is 19.2. The summed E-state index contributed by atoms with van der Waals surface area (Å²) in [5, 5.41) is 12.2. The van der Waals surface area contributed by atoms with Crippen LogP contribution in [0, 0.1) is 17.6 Å². The zero-order chi connectivity index (χ0) is 30.1. The molecule has 0 aliphatic carbocycles. The highest BCUT2D eigenvalue weighted by atomic mass is 35.5. The van der Waals surface area contributed by atoms with Crippen molar-refractivity contribution in [2.45, 2.75) is 38.6 Å². The number of amides is 3. The standard InChI is InChI=1S/C32H30ClF2N3O4/c1-18-5-3-8-27(38-14-13-21(16-28(38)39)29-25(34)12-11-24(33)30(29)35)20-7-4-6-19(15-20)23-10-9-22(37(2)32(41)42)17-26(23)36-31(18)40/h4,6-7,9-12,15-18,27H,3,5,8,13-14H2,1-2H3,(H,36,40)(H,41,42)/t18-,27+/m1/s1. The Bertz CT molecular complexity index is 1610. The molecule has 0 spiro atoms. The van der Waals surface area contributed by atoms with Gasteiger partial charge in [0, 0.05) is 36.8 Å². The molecule has 2 bridgehead atoms. The first-order valence-corrected chi connectivity index (χ1v) is 14.1. The topological polar surface area (TPSA) is 90.0 Å². The van der Waals surface area contributed by atoms with E-state index in [4.69, 9.17) is 11.6 Å². The van der Waals surface area contributed by atoms with Crippen molar-refractivity contribution in [1.29, 1.82) is 0 Å². The molecule has 2 atom stereocenters. The molecule has 7 nitrogen and oxygen atoms in total. The number of carbonyl (C=O) groups is 3. The Morgan fingerprint density at radius 3 is 2.62 bits per heavy atom. The maximum Gasteiger partial charge on any atom is 0.411 e. The SMILES string of the molecule is C[C@@H]1CCC[C@H](N2CCC(c3c(F)ccc(Cl)c3F)=CC2=O)c2cccc(c2)-c2ccc(N(C)C(=O)O)cc2NC1=O. The van der Waals surface area contributed by atoms with Gasteiger partial charge < -0.3 is 15.3 Å². The van der Waals surface area contributed by atoms with Gasteiger partial charge in [-0.1, -0.05) is 49.2 Å². The van der Waals surface area contributed by atoms with Gasteiger partial charge in [-0.25, -0.2) is 13.6 Å². The Kier molecular flexibility index (Phi) is 8.31. The number of nitrogens with zero attached hydrogens (tertiary/aromatic N) is 2. The Balaban J connectivity index is 1.54. The first kappa shape index (κ1) is 29.3. The van der Waals surface area contributed by atoms with E-state index in [9.17, 15) is 28.3 Å². The molecule has 0 unspecified atom stereocenters.